The van der Waals surface area contributed by atoms with Gasteiger partial charge >= 0.3 is 6.01 Å². The summed E-state index contributed by atoms with van der Waals surface area (Å²) in [5, 5.41) is 11.5. The standard InChI is InChI=1S/C14H18N4O2/c1-18(11-5-3-4-6-12(11)19-2)14-17-16-13(20-14)9-15-10-7-8-10/h3-6,10,15H,7-9H2,1-2H3. The number of para-hydroxylation sites is 2. The van der Waals surface area contributed by atoms with E-state index in [0.717, 1.165) is 11.4 Å². The number of nitrogens with zero attached hydrogens (tertiary/aromatic N) is 3. The van der Waals surface area contributed by atoms with Gasteiger partial charge in [-0.2, -0.15) is 0 Å². The molecule has 0 atom stereocenters. The molecule has 0 spiro atoms. The SMILES string of the molecule is COc1ccccc1N(C)c1nnc(CNC2CC2)o1. The molecule has 1 saturated carbocycles. The Morgan fingerprint density at radius 2 is 2.15 bits per heavy atom. The zero-order valence-corrected chi connectivity index (χ0v) is 11.7. The van der Waals surface area contributed by atoms with Crippen molar-refractivity contribution in [3.63, 3.8) is 0 Å². The van der Waals surface area contributed by atoms with Gasteiger partial charge in [-0.1, -0.05) is 17.2 Å². The maximum Gasteiger partial charge on any atom is 0.322 e. The molecule has 1 aromatic carbocycles. The molecule has 106 valence electrons. The number of benzene rings is 1. The lowest BCUT2D eigenvalue weighted by Crippen LogP contribution is -2.15. The molecule has 2 aromatic rings. The lowest BCUT2D eigenvalue weighted by Gasteiger charge is -2.16. The van der Waals surface area contributed by atoms with Gasteiger partial charge < -0.3 is 14.5 Å². The van der Waals surface area contributed by atoms with Crippen LogP contribution in [-0.4, -0.2) is 30.4 Å². The zero-order valence-electron chi connectivity index (χ0n) is 11.7. The van der Waals surface area contributed by atoms with Crippen LogP contribution in [0.15, 0.2) is 28.7 Å². The first-order valence-corrected chi connectivity index (χ1v) is 6.70. The molecule has 1 aliphatic rings. The molecule has 6 nitrogen and oxygen atoms in total. The number of ether oxygens (including phenoxy) is 1. The predicted octanol–water partition coefficient (Wildman–Crippen LogP) is 2.10. The molecule has 3 rings (SSSR count). The van der Waals surface area contributed by atoms with Crippen LogP contribution in [0.1, 0.15) is 18.7 Å². The third-order valence-corrected chi connectivity index (χ3v) is 3.31. The van der Waals surface area contributed by atoms with Gasteiger partial charge in [0, 0.05) is 13.1 Å². The highest BCUT2D eigenvalue weighted by Crippen LogP contribution is 2.31. The van der Waals surface area contributed by atoms with Crippen molar-refractivity contribution in [3.8, 4) is 5.75 Å². The summed E-state index contributed by atoms with van der Waals surface area (Å²) in [6.07, 6.45) is 2.48. The minimum Gasteiger partial charge on any atom is -0.495 e. The zero-order chi connectivity index (χ0) is 13.9. The quantitative estimate of drug-likeness (QED) is 0.870. The number of aromatic nitrogens is 2. The van der Waals surface area contributed by atoms with Gasteiger partial charge in [0.25, 0.3) is 0 Å². The molecular weight excluding hydrogens is 256 g/mol. The Labute approximate surface area is 117 Å². The Morgan fingerprint density at radius 1 is 1.35 bits per heavy atom. The summed E-state index contributed by atoms with van der Waals surface area (Å²) >= 11 is 0. The van der Waals surface area contributed by atoms with E-state index < -0.39 is 0 Å². The highest BCUT2D eigenvalue weighted by molar-refractivity contribution is 5.63. The molecule has 1 heterocycles. The molecular formula is C14H18N4O2. The van der Waals surface area contributed by atoms with Crippen LogP contribution in [0.25, 0.3) is 0 Å². The van der Waals surface area contributed by atoms with Crippen molar-refractivity contribution in [2.75, 3.05) is 19.1 Å². The summed E-state index contributed by atoms with van der Waals surface area (Å²) in [6.45, 7) is 0.622. The van der Waals surface area contributed by atoms with Crippen molar-refractivity contribution in [3.05, 3.63) is 30.2 Å². The van der Waals surface area contributed by atoms with Crippen LogP contribution in [0.2, 0.25) is 0 Å². The minimum atomic E-state index is 0.460. The number of hydrogen-bond donors (Lipinski definition) is 1. The van der Waals surface area contributed by atoms with Crippen molar-refractivity contribution in [1.29, 1.82) is 0 Å². The number of hydrogen-bond acceptors (Lipinski definition) is 6. The summed E-state index contributed by atoms with van der Waals surface area (Å²) in [5.41, 5.74) is 0.889. The summed E-state index contributed by atoms with van der Waals surface area (Å²) in [6, 6.07) is 8.80. The second kappa shape index (κ2) is 5.50. The van der Waals surface area contributed by atoms with Gasteiger partial charge in [-0.3, -0.25) is 4.90 Å². The van der Waals surface area contributed by atoms with Gasteiger partial charge in [-0.05, 0) is 25.0 Å². The van der Waals surface area contributed by atoms with E-state index in [2.05, 4.69) is 15.5 Å². The maximum absolute atomic E-state index is 5.66. The van der Waals surface area contributed by atoms with E-state index >= 15 is 0 Å². The Hall–Kier alpha value is -2.08. The first-order chi connectivity index (χ1) is 9.78. The molecule has 0 aliphatic heterocycles. The average Bonchev–Trinajstić information content (AvgIpc) is 3.21. The number of methoxy groups -OCH3 is 1. The van der Waals surface area contributed by atoms with Crippen molar-refractivity contribution >= 4 is 11.7 Å². The molecule has 0 bridgehead atoms. The molecule has 0 unspecified atom stereocenters. The number of rotatable bonds is 6. The van der Waals surface area contributed by atoms with Crippen molar-refractivity contribution in [2.45, 2.75) is 25.4 Å². The lowest BCUT2D eigenvalue weighted by molar-refractivity contribution is 0.414. The molecule has 0 saturated heterocycles. The smallest absolute Gasteiger partial charge is 0.322 e. The fraction of sp³-hybridized carbons (Fsp3) is 0.429. The highest BCUT2D eigenvalue weighted by Gasteiger charge is 2.22. The molecule has 1 fully saturated rings. The Kier molecular flexibility index (Phi) is 3.56. The van der Waals surface area contributed by atoms with Crippen LogP contribution in [-0.2, 0) is 6.54 Å². The van der Waals surface area contributed by atoms with Crippen LogP contribution in [0, 0.1) is 0 Å². The molecule has 20 heavy (non-hydrogen) atoms. The maximum atomic E-state index is 5.66. The van der Waals surface area contributed by atoms with E-state index in [-0.39, 0.29) is 0 Å². The molecule has 6 heteroatoms. The van der Waals surface area contributed by atoms with E-state index in [1.807, 2.05) is 36.2 Å². The van der Waals surface area contributed by atoms with E-state index in [1.165, 1.54) is 12.8 Å². The molecule has 0 amide bonds. The summed E-state index contributed by atoms with van der Waals surface area (Å²) < 4.78 is 11.0. The Balaban J connectivity index is 1.73. The van der Waals surface area contributed by atoms with Crippen LogP contribution >= 0.6 is 0 Å². The average molecular weight is 274 g/mol. The summed E-state index contributed by atoms with van der Waals surface area (Å²) in [4.78, 5) is 1.83. The van der Waals surface area contributed by atoms with Gasteiger partial charge in [-0.25, -0.2) is 0 Å². The number of anilines is 2. The fourth-order valence-corrected chi connectivity index (χ4v) is 1.98. The molecule has 1 aromatic heterocycles. The van der Waals surface area contributed by atoms with Crippen molar-refractivity contribution < 1.29 is 9.15 Å². The highest BCUT2D eigenvalue weighted by atomic mass is 16.5. The first kappa shape index (κ1) is 12.9. The topological polar surface area (TPSA) is 63.4 Å². The van der Waals surface area contributed by atoms with Gasteiger partial charge in [-0.15, -0.1) is 5.10 Å². The third kappa shape index (κ3) is 2.75. The Morgan fingerprint density at radius 3 is 2.90 bits per heavy atom. The van der Waals surface area contributed by atoms with Crippen LogP contribution in [0.3, 0.4) is 0 Å². The van der Waals surface area contributed by atoms with E-state index in [4.69, 9.17) is 9.15 Å². The summed E-state index contributed by atoms with van der Waals surface area (Å²) in [7, 11) is 3.52. The van der Waals surface area contributed by atoms with Crippen LogP contribution in [0.4, 0.5) is 11.7 Å². The lowest BCUT2D eigenvalue weighted by atomic mass is 10.3. The predicted molar refractivity (Wildman–Crippen MR) is 75.2 cm³/mol. The van der Waals surface area contributed by atoms with Crippen LogP contribution < -0.4 is 15.0 Å². The largest absolute Gasteiger partial charge is 0.495 e. The first-order valence-electron chi connectivity index (χ1n) is 6.70. The fourth-order valence-electron chi connectivity index (χ4n) is 1.98. The number of nitrogens with one attached hydrogen (secondary N) is 1. The molecule has 1 aliphatic carbocycles. The van der Waals surface area contributed by atoms with Crippen molar-refractivity contribution in [1.82, 2.24) is 15.5 Å². The van der Waals surface area contributed by atoms with E-state index in [9.17, 15) is 0 Å². The van der Waals surface area contributed by atoms with E-state index in [1.54, 1.807) is 7.11 Å². The van der Waals surface area contributed by atoms with Gasteiger partial charge in [0.2, 0.25) is 5.89 Å². The monoisotopic (exact) mass is 274 g/mol. The van der Waals surface area contributed by atoms with Gasteiger partial charge in [0.05, 0.1) is 19.3 Å². The third-order valence-electron chi connectivity index (χ3n) is 3.31. The second-order valence-electron chi connectivity index (χ2n) is 4.86. The van der Waals surface area contributed by atoms with Gasteiger partial charge in [0.1, 0.15) is 5.75 Å². The van der Waals surface area contributed by atoms with Crippen molar-refractivity contribution in [2.24, 2.45) is 0 Å². The molecule has 0 radical (unpaired) electrons. The second-order valence-corrected chi connectivity index (χ2v) is 4.86. The molecule has 1 N–H and O–H groups in total. The summed E-state index contributed by atoms with van der Waals surface area (Å²) in [5.74, 6) is 1.37. The van der Waals surface area contributed by atoms with Crippen LogP contribution in [0.5, 0.6) is 5.75 Å². The van der Waals surface area contributed by atoms with E-state index in [0.29, 0.717) is 24.5 Å². The Bertz CT molecular complexity index is 580. The van der Waals surface area contributed by atoms with Gasteiger partial charge in [0.15, 0.2) is 0 Å². The normalized spacial score (nSPS) is 14.3. The minimum absolute atomic E-state index is 0.460.